The normalized spacial score (nSPS) is 14.1. The van der Waals surface area contributed by atoms with E-state index in [0.717, 1.165) is 6.07 Å². The van der Waals surface area contributed by atoms with Crippen molar-refractivity contribution in [3.8, 4) is 0 Å². The molecule has 0 unspecified atom stereocenters. The van der Waals surface area contributed by atoms with Gasteiger partial charge in [-0.05, 0) is 37.3 Å². The molecule has 1 fully saturated rings. The van der Waals surface area contributed by atoms with E-state index >= 15 is 0 Å². The van der Waals surface area contributed by atoms with Crippen LogP contribution in [-0.4, -0.2) is 41.5 Å². The van der Waals surface area contributed by atoms with Gasteiger partial charge in [0.1, 0.15) is 11.6 Å². The van der Waals surface area contributed by atoms with Gasteiger partial charge in [0.05, 0.1) is 17.4 Å². The van der Waals surface area contributed by atoms with Crippen LogP contribution in [0.25, 0.3) is 0 Å². The second kappa shape index (κ2) is 7.06. The minimum atomic E-state index is -0.659. The van der Waals surface area contributed by atoms with Gasteiger partial charge in [-0.2, -0.15) is 0 Å². The highest BCUT2D eigenvalue weighted by Gasteiger charge is 2.28. The minimum Gasteiger partial charge on any atom is -0.323 e. The van der Waals surface area contributed by atoms with E-state index in [1.165, 1.54) is 18.3 Å². The van der Waals surface area contributed by atoms with Crippen LogP contribution >= 0.6 is 11.6 Å². The second-order valence-corrected chi connectivity index (χ2v) is 5.93. The number of carbonyl (C=O) groups excluding carboxylic acids is 2. The molecule has 2 heterocycles. The highest BCUT2D eigenvalue weighted by Crippen LogP contribution is 2.21. The molecule has 130 valence electrons. The summed E-state index contributed by atoms with van der Waals surface area (Å²) in [7, 11) is 0. The molecule has 0 atom stereocenters. The van der Waals surface area contributed by atoms with Crippen molar-refractivity contribution in [3.05, 3.63) is 52.9 Å². The predicted octanol–water partition coefficient (Wildman–Crippen LogP) is 3.39. The van der Waals surface area contributed by atoms with E-state index in [4.69, 9.17) is 11.6 Å². The van der Waals surface area contributed by atoms with Crippen LogP contribution in [0, 0.1) is 5.82 Å². The van der Waals surface area contributed by atoms with Gasteiger partial charge in [-0.15, -0.1) is 0 Å². The monoisotopic (exact) mass is 362 g/mol. The average Bonchev–Trinajstić information content (AvgIpc) is 2.98. The number of nitrogens with zero attached hydrogens (tertiary/aromatic N) is 3. The highest BCUT2D eigenvalue weighted by molar-refractivity contribution is 6.31. The summed E-state index contributed by atoms with van der Waals surface area (Å²) in [5.74, 6) is -0.773. The maximum Gasteiger partial charge on any atom is 0.325 e. The highest BCUT2D eigenvalue weighted by atomic mass is 35.5. The van der Waals surface area contributed by atoms with Crippen LogP contribution in [0.5, 0.6) is 0 Å². The standard InChI is InChI=1S/C17H16ClFN4O2/c1-2-22-7-8-23(17(22)25)15-6-4-12(10-20-15)21-16(24)13-9-11(18)3-5-14(13)19/h3-6,9-10H,2,7-8H2,1H3,(H,21,24). The van der Waals surface area contributed by atoms with Crippen LogP contribution in [0.2, 0.25) is 5.02 Å². The molecule has 1 aromatic carbocycles. The number of rotatable bonds is 4. The number of pyridine rings is 1. The zero-order valence-electron chi connectivity index (χ0n) is 13.5. The molecule has 3 amide bonds. The molecule has 0 bridgehead atoms. The Morgan fingerprint density at radius 1 is 1.32 bits per heavy atom. The van der Waals surface area contributed by atoms with Crippen molar-refractivity contribution in [1.82, 2.24) is 9.88 Å². The topological polar surface area (TPSA) is 65.5 Å². The maximum absolute atomic E-state index is 13.7. The van der Waals surface area contributed by atoms with E-state index in [2.05, 4.69) is 10.3 Å². The van der Waals surface area contributed by atoms with E-state index in [9.17, 15) is 14.0 Å². The number of halogens is 2. The number of amides is 3. The fraction of sp³-hybridized carbons (Fsp3) is 0.235. The lowest BCUT2D eigenvalue weighted by Crippen LogP contribution is -2.32. The molecule has 0 spiro atoms. The second-order valence-electron chi connectivity index (χ2n) is 5.50. The van der Waals surface area contributed by atoms with Crippen LogP contribution in [-0.2, 0) is 0 Å². The molecule has 2 aromatic rings. The van der Waals surface area contributed by atoms with Crippen LogP contribution in [0.1, 0.15) is 17.3 Å². The summed E-state index contributed by atoms with van der Waals surface area (Å²) < 4.78 is 13.7. The molecule has 1 aliphatic heterocycles. The van der Waals surface area contributed by atoms with Gasteiger partial charge in [-0.25, -0.2) is 14.2 Å². The number of benzene rings is 1. The first-order valence-electron chi connectivity index (χ1n) is 7.78. The van der Waals surface area contributed by atoms with Crippen LogP contribution in [0.4, 0.5) is 20.7 Å². The summed E-state index contributed by atoms with van der Waals surface area (Å²) in [5.41, 5.74) is 0.247. The number of hydrogen-bond acceptors (Lipinski definition) is 3. The number of nitrogens with one attached hydrogen (secondary N) is 1. The molecule has 1 aromatic heterocycles. The van der Waals surface area contributed by atoms with Crippen LogP contribution in [0.3, 0.4) is 0 Å². The minimum absolute atomic E-state index is 0.0900. The largest absolute Gasteiger partial charge is 0.325 e. The molecule has 1 aliphatic rings. The summed E-state index contributed by atoms with van der Waals surface area (Å²) in [5, 5.41) is 2.83. The Balaban J connectivity index is 1.72. The summed E-state index contributed by atoms with van der Waals surface area (Å²) in [6.07, 6.45) is 1.43. The molecular formula is C17H16ClFN4O2. The number of carbonyl (C=O) groups is 2. The first-order valence-corrected chi connectivity index (χ1v) is 8.16. The number of anilines is 2. The molecule has 25 heavy (non-hydrogen) atoms. The lowest BCUT2D eigenvalue weighted by atomic mass is 10.2. The van der Waals surface area contributed by atoms with Gasteiger partial charge < -0.3 is 10.2 Å². The number of urea groups is 1. The van der Waals surface area contributed by atoms with Crippen molar-refractivity contribution < 1.29 is 14.0 Å². The zero-order chi connectivity index (χ0) is 18.0. The van der Waals surface area contributed by atoms with E-state index in [-0.39, 0.29) is 16.6 Å². The van der Waals surface area contributed by atoms with Gasteiger partial charge in [0.2, 0.25) is 0 Å². The van der Waals surface area contributed by atoms with Crippen molar-refractivity contribution in [3.63, 3.8) is 0 Å². The SMILES string of the molecule is CCN1CCN(c2ccc(NC(=O)c3cc(Cl)ccc3F)cn2)C1=O. The molecular weight excluding hydrogens is 347 g/mol. The van der Waals surface area contributed by atoms with Gasteiger partial charge >= 0.3 is 6.03 Å². The lowest BCUT2D eigenvalue weighted by molar-refractivity contribution is 0.102. The Bertz CT molecular complexity index is 813. The van der Waals surface area contributed by atoms with Crippen molar-refractivity contribution in [1.29, 1.82) is 0 Å². The lowest BCUT2D eigenvalue weighted by Gasteiger charge is -2.16. The van der Waals surface area contributed by atoms with Crippen LogP contribution < -0.4 is 10.2 Å². The molecule has 1 N–H and O–H groups in total. The van der Waals surface area contributed by atoms with E-state index in [1.54, 1.807) is 21.9 Å². The van der Waals surface area contributed by atoms with Crippen molar-refractivity contribution in [2.24, 2.45) is 0 Å². The van der Waals surface area contributed by atoms with Gasteiger partial charge in [0.15, 0.2) is 0 Å². The van der Waals surface area contributed by atoms with Crippen molar-refractivity contribution >= 4 is 35.0 Å². The van der Waals surface area contributed by atoms with Gasteiger partial charge in [0.25, 0.3) is 5.91 Å². The third kappa shape index (κ3) is 3.56. The van der Waals surface area contributed by atoms with E-state index in [0.29, 0.717) is 31.1 Å². The summed E-state index contributed by atoms with van der Waals surface area (Å²) in [4.78, 5) is 31.8. The number of hydrogen-bond donors (Lipinski definition) is 1. The van der Waals surface area contributed by atoms with Gasteiger partial charge in [-0.3, -0.25) is 9.69 Å². The summed E-state index contributed by atoms with van der Waals surface area (Å²) in [6, 6.07) is 6.93. The third-order valence-corrected chi connectivity index (χ3v) is 4.17. The fourth-order valence-electron chi connectivity index (χ4n) is 2.58. The molecule has 0 aliphatic carbocycles. The third-order valence-electron chi connectivity index (χ3n) is 3.93. The number of aromatic nitrogens is 1. The quantitative estimate of drug-likeness (QED) is 0.906. The van der Waals surface area contributed by atoms with Crippen molar-refractivity contribution in [2.75, 3.05) is 29.9 Å². The Labute approximate surface area is 149 Å². The van der Waals surface area contributed by atoms with E-state index < -0.39 is 11.7 Å². The summed E-state index contributed by atoms with van der Waals surface area (Å²) in [6.45, 7) is 3.79. The van der Waals surface area contributed by atoms with Crippen LogP contribution in [0.15, 0.2) is 36.5 Å². The Morgan fingerprint density at radius 3 is 2.76 bits per heavy atom. The molecule has 8 heteroatoms. The molecule has 1 saturated heterocycles. The smallest absolute Gasteiger partial charge is 0.323 e. The zero-order valence-corrected chi connectivity index (χ0v) is 14.3. The predicted molar refractivity (Wildman–Crippen MR) is 93.6 cm³/mol. The molecule has 0 saturated carbocycles. The first-order chi connectivity index (χ1) is 12.0. The summed E-state index contributed by atoms with van der Waals surface area (Å²) >= 11 is 5.79. The Hall–Kier alpha value is -2.67. The van der Waals surface area contributed by atoms with Gasteiger partial charge in [0, 0.05) is 24.7 Å². The molecule has 3 rings (SSSR count). The van der Waals surface area contributed by atoms with Crippen molar-refractivity contribution in [2.45, 2.75) is 6.92 Å². The Kier molecular flexibility index (Phi) is 4.85. The molecule has 6 nitrogen and oxygen atoms in total. The van der Waals surface area contributed by atoms with E-state index in [1.807, 2.05) is 6.92 Å². The molecule has 0 radical (unpaired) electrons. The average molecular weight is 363 g/mol. The Morgan fingerprint density at radius 2 is 2.12 bits per heavy atom. The van der Waals surface area contributed by atoms with Gasteiger partial charge in [-0.1, -0.05) is 11.6 Å². The fourth-order valence-corrected chi connectivity index (χ4v) is 2.75. The first kappa shape index (κ1) is 17.2. The maximum atomic E-state index is 13.7. The number of likely N-dealkylation sites (N-methyl/N-ethyl adjacent to an activating group) is 1.